The number of rotatable bonds is 9. The van der Waals surface area contributed by atoms with Crippen molar-refractivity contribution >= 4 is 39.2 Å². The second-order valence-electron chi connectivity index (χ2n) is 10.9. The maximum atomic E-state index is 10.9. The summed E-state index contributed by atoms with van der Waals surface area (Å²) in [4.78, 5) is 15.2. The van der Waals surface area contributed by atoms with Gasteiger partial charge in [0.2, 0.25) is 0 Å². The molecule has 8 heteroatoms. The molecule has 6 rings (SSSR count). The molecule has 0 spiro atoms. The Morgan fingerprint density at radius 3 is 2.58 bits per heavy atom. The lowest BCUT2D eigenvalue weighted by molar-refractivity contribution is -0.384. The van der Waals surface area contributed by atoms with Crippen LogP contribution in [0.15, 0.2) is 100 Å². The zero-order valence-electron chi connectivity index (χ0n) is 24.0. The number of nitrogens with zero attached hydrogens (tertiary/aromatic N) is 2. The number of non-ortho nitro benzene ring substituents is 1. The van der Waals surface area contributed by atoms with Crippen LogP contribution in [0.25, 0.3) is 0 Å². The summed E-state index contributed by atoms with van der Waals surface area (Å²) in [7, 11) is 0. The van der Waals surface area contributed by atoms with Crippen LogP contribution in [-0.4, -0.2) is 17.7 Å². The first-order chi connectivity index (χ1) is 20.9. The maximum Gasteiger partial charge on any atom is 0.269 e. The van der Waals surface area contributed by atoms with Crippen molar-refractivity contribution in [3.8, 4) is 11.5 Å². The van der Waals surface area contributed by atoms with Crippen molar-refractivity contribution in [2.45, 2.75) is 38.8 Å². The van der Waals surface area contributed by atoms with Crippen LogP contribution < -0.4 is 14.8 Å². The minimum atomic E-state index is -0.418. The average Bonchev–Trinajstić information content (AvgIpc) is 3.51. The van der Waals surface area contributed by atoms with Gasteiger partial charge in [-0.1, -0.05) is 42.0 Å². The average molecular weight is 639 g/mol. The van der Waals surface area contributed by atoms with E-state index >= 15 is 0 Å². The second-order valence-corrected chi connectivity index (χ2v) is 11.7. The van der Waals surface area contributed by atoms with Gasteiger partial charge in [0.25, 0.3) is 5.69 Å². The normalized spacial score (nSPS) is 18.6. The molecule has 1 aliphatic carbocycles. The molecule has 1 heterocycles. The lowest BCUT2D eigenvalue weighted by Crippen LogP contribution is -2.29. The molecule has 3 atom stereocenters. The fourth-order valence-electron chi connectivity index (χ4n) is 5.90. The van der Waals surface area contributed by atoms with Crippen LogP contribution in [0.1, 0.15) is 53.1 Å². The van der Waals surface area contributed by atoms with Crippen LogP contribution >= 0.6 is 15.9 Å². The van der Waals surface area contributed by atoms with Gasteiger partial charge in [0.05, 0.1) is 27.7 Å². The van der Waals surface area contributed by atoms with Gasteiger partial charge < -0.3 is 14.8 Å². The second kappa shape index (κ2) is 12.4. The lowest BCUT2D eigenvalue weighted by atomic mass is 9.76. The number of nitrogens with one attached hydrogen (secondary N) is 1. The molecular formula is C35H32BrN3O4. The summed E-state index contributed by atoms with van der Waals surface area (Å²) in [5, 5.41) is 14.7. The number of anilines is 1. The summed E-state index contributed by atoms with van der Waals surface area (Å²) < 4.78 is 12.7. The third kappa shape index (κ3) is 6.20. The molecule has 0 bridgehead atoms. The van der Waals surface area contributed by atoms with Crippen LogP contribution in [0.3, 0.4) is 0 Å². The van der Waals surface area contributed by atoms with Gasteiger partial charge in [-0.25, -0.2) is 0 Å². The Labute approximate surface area is 259 Å². The Morgan fingerprint density at radius 1 is 1.05 bits per heavy atom. The number of nitro groups is 1. The molecule has 2 aliphatic rings. The van der Waals surface area contributed by atoms with E-state index in [1.807, 2.05) is 25.3 Å². The molecule has 1 aliphatic heterocycles. The van der Waals surface area contributed by atoms with E-state index in [0.717, 1.165) is 27.7 Å². The van der Waals surface area contributed by atoms with E-state index in [2.05, 4.69) is 82.8 Å². The smallest absolute Gasteiger partial charge is 0.269 e. The van der Waals surface area contributed by atoms with E-state index < -0.39 is 4.92 Å². The van der Waals surface area contributed by atoms with Crippen LogP contribution in [0.2, 0.25) is 0 Å². The molecule has 43 heavy (non-hydrogen) atoms. The standard InChI is InChI=1S/C35H32BrN3O4/c1-3-42-33-19-24(18-31(36)35(33)43-21-23-8-14-27(15-9-23)39(40)41)20-37-26-12-10-25(11-13-26)34-29-6-4-5-28(29)30-17-22(2)7-16-32(30)38-34/h4-5,7-20,28-29,34,38H,3,6,21H2,1-2H3/t28-,29-,34-/m0/s1. The van der Waals surface area contributed by atoms with Crippen LogP contribution in [-0.2, 0) is 6.61 Å². The van der Waals surface area contributed by atoms with Crippen molar-refractivity contribution < 1.29 is 14.4 Å². The highest BCUT2D eigenvalue weighted by Gasteiger charge is 2.37. The van der Waals surface area contributed by atoms with Gasteiger partial charge in [-0.2, -0.15) is 0 Å². The van der Waals surface area contributed by atoms with Gasteiger partial charge >= 0.3 is 0 Å². The number of hydrogen-bond acceptors (Lipinski definition) is 6. The molecule has 218 valence electrons. The number of benzene rings is 4. The predicted octanol–water partition coefficient (Wildman–Crippen LogP) is 9.22. The Kier molecular flexibility index (Phi) is 8.29. The van der Waals surface area contributed by atoms with Gasteiger partial charge in [-0.15, -0.1) is 0 Å². The Balaban J connectivity index is 1.16. The van der Waals surface area contributed by atoms with Gasteiger partial charge in [0.1, 0.15) is 6.61 Å². The van der Waals surface area contributed by atoms with Crippen molar-refractivity contribution in [1.82, 2.24) is 0 Å². The molecule has 0 radical (unpaired) electrons. The first-order valence-corrected chi connectivity index (χ1v) is 15.2. The fraction of sp³-hybridized carbons (Fsp3) is 0.229. The Morgan fingerprint density at radius 2 is 1.84 bits per heavy atom. The molecular weight excluding hydrogens is 606 g/mol. The molecule has 1 N–H and O–H groups in total. The zero-order valence-corrected chi connectivity index (χ0v) is 25.6. The number of aryl methyl sites for hydroxylation is 1. The molecule has 0 fully saturated rings. The third-order valence-electron chi connectivity index (χ3n) is 8.00. The minimum absolute atomic E-state index is 0.0458. The first-order valence-electron chi connectivity index (χ1n) is 14.4. The fourth-order valence-corrected chi connectivity index (χ4v) is 6.47. The highest BCUT2D eigenvalue weighted by Crippen LogP contribution is 2.50. The summed E-state index contributed by atoms with van der Waals surface area (Å²) in [6.45, 7) is 4.79. The zero-order chi connectivity index (χ0) is 29.9. The Bertz CT molecular complexity index is 1700. The summed E-state index contributed by atoms with van der Waals surface area (Å²) in [6, 6.07) is 25.6. The van der Waals surface area contributed by atoms with Gasteiger partial charge in [-0.05, 0) is 107 Å². The third-order valence-corrected chi connectivity index (χ3v) is 8.58. The molecule has 0 saturated carbocycles. The van der Waals surface area contributed by atoms with E-state index in [1.54, 1.807) is 12.1 Å². The monoisotopic (exact) mass is 637 g/mol. The quantitative estimate of drug-likeness (QED) is 0.0855. The SMILES string of the molecule is CCOc1cc(C=Nc2ccc([C@@H]3Nc4ccc(C)cc4[C@H]4C=CC[C@@H]43)cc2)cc(Br)c1OCc1ccc([N+](=O)[O-])cc1. The van der Waals surface area contributed by atoms with Crippen molar-refractivity contribution in [1.29, 1.82) is 0 Å². The highest BCUT2D eigenvalue weighted by molar-refractivity contribution is 9.10. The predicted molar refractivity (Wildman–Crippen MR) is 174 cm³/mol. The Hall–Kier alpha value is -4.43. The number of nitro benzene ring substituents is 1. The van der Waals surface area contributed by atoms with Crippen LogP contribution in [0.4, 0.5) is 17.1 Å². The molecule has 0 aromatic heterocycles. The topological polar surface area (TPSA) is 86.0 Å². The van der Waals surface area contributed by atoms with E-state index in [-0.39, 0.29) is 18.3 Å². The molecule has 0 unspecified atom stereocenters. The molecule has 0 amide bonds. The summed E-state index contributed by atoms with van der Waals surface area (Å²) in [6.07, 6.45) is 7.58. The minimum Gasteiger partial charge on any atom is -0.490 e. The molecule has 4 aromatic rings. The van der Waals surface area contributed by atoms with E-state index in [0.29, 0.717) is 29.9 Å². The maximum absolute atomic E-state index is 10.9. The number of fused-ring (bicyclic) bond motifs is 3. The number of aliphatic imine (C=N–C) groups is 1. The largest absolute Gasteiger partial charge is 0.490 e. The van der Waals surface area contributed by atoms with Crippen LogP contribution in [0.5, 0.6) is 11.5 Å². The molecule has 0 saturated heterocycles. The molecule has 7 nitrogen and oxygen atoms in total. The van der Waals surface area contributed by atoms with Gasteiger partial charge in [0.15, 0.2) is 11.5 Å². The summed E-state index contributed by atoms with van der Waals surface area (Å²) in [5.41, 5.74) is 7.77. The number of allylic oxidation sites excluding steroid dienone is 2. The van der Waals surface area contributed by atoms with E-state index in [1.165, 1.54) is 34.5 Å². The van der Waals surface area contributed by atoms with Gasteiger partial charge in [0, 0.05) is 30.0 Å². The van der Waals surface area contributed by atoms with Crippen molar-refractivity contribution in [3.63, 3.8) is 0 Å². The number of ether oxygens (including phenoxy) is 2. The summed E-state index contributed by atoms with van der Waals surface area (Å²) >= 11 is 3.62. The van der Waals surface area contributed by atoms with Gasteiger partial charge in [-0.3, -0.25) is 15.1 Å². The first kappa shape index (κ1) is 28.7. The summed E-state index contributed by atoms with van der Waals surface area (Å²) in [5.74, 6) is 2.10. The number of halogens is 1. The van der Waals surface area contributed by atoms with E-state index in [4.69, 9.17) is 14.5 Å². The molecule has 4 aromatic carbocycles. The highest BCUT2D eigenvalue weighted by atomic mass is 79.9. The van der Waals surface area contributed by atoms with E-state index in [9.17, 15) is 10.1 Å². The van der Waals surface area contributed by atoms with Crippen molar-refractivity contribution in [2.75, 3.05) is 11.9 Å². The van der Waals surface area contributed by atoms with Crippen LogP contribution in [0, 0.1) is 23.0 Å². The lowest BCUT2D eigenvalue weighted by Gasteiger charge is -2.37. The number of hydrogen-bond donors (Lipinski definition) is 1. The van der Waals surface area contributed by atoms with Crippen molar-refractivity contribution in [3.05, 3.63) is 133 Å². The van der Waals surface area contributed by atoms with Crippen molar-refractivity contribution in [2.24, 2.45) is 10.9 Å².